The van der Waals surface area contributed by atoms with Gasteiger partial charge in [-0.25, -0.2) is 4.39 Å². The Kier molecular flexibility index (Phi) is 9.47. The van der Waals surface area contributed by atoms with Gasteiger partial charge in [-0.1, -0.05) is 18.2 Å². The molecule has 0 aliphatic rings. The molecule has 2 aromatic rings. The summed E-state index contributed by atoms with van der Waals surface area (Å²) in [4.78, 5) is 3.99. The van der Waals surface area contributed by atoms with E-state index in [1.165, 1.54) is 21.3 Å². The van der Waals surface area contributed by atoms with Gasteiger partial charge < -0.3 is 20.1 Å². The predicted molar refractivity (Wildman–Crippen MR) is 113 cm³/mol. The second kappa shape index (κ2) is 11.1. The van der Waals surface area contributed by atoms with Gasteiger partial charge in [0.15, 0.2) is 17.5 Å². The maximum atomic E-state index is 13.2. The van der Waals surface area contributed by atoms with Crippen molar-refractivity contribution in [3.8, 4) is 11.5 Å². The van der Waals surface area contributed by atoms with Crippen molar-refractivity contribution >= 4 is 29.9 Å². The van der Waals surface area contributed by atoms with Crippen LogP contribution in [0.5, 0.6) is 11.5 Å². The van der Waals surface area contributed by atoms with E-state index in [4.69, 9.17) is 9.47 Å². The number of halogens is 5. The first-order valence-electron chi connectivity index (χ1n) is 8.30. The van der Waals surface area contributed by atoms with E-state index in [9.17, 15) is 17.6 Å². The highest BCUT2D eigenvalue weighted by Gasteiger charge is 2.33. The maximum Gasteiger partial charge on any atom is 0.416 e. The molecule has 0 saturated carbocycles. The summed E-state index contributed by atoms with van der Waals surface area (Å²) >= 11 is 0. The molecule has 0 aliphatic carbocycles. The Bertz CT molecular complexity index is 845. The van der Waals surface area contributed by atoms with Crippen LogP contribution in [0.2, 0.25) is 0 Å². The molecule has 0 aromatic heterocycles. The van der Waals surface area contributed by atoms with Crippen molar-refractivity contribution in [3.05, 3.63) is 58.9 Å². The minimum Gasteiger partial charge on any atom is -0.493 e. The molecule has 0 amide bonds. The summed E-state index contributed by atoms with van der Waals surface area (Å²) in [6.07, 6.45) is -4.65. The third-order valence-corrected chi connectivity index (χ3v) is 3.98. The van der Waals surface area contributed by atoms with Gasteiger partial charge in [0, 0.05) is 25.7 Å². The van der Waals surface area contributed by atoms with Crippen molar-refractivity contribution in [2.45, 2.75) is 19.3 Å². The van der Waals surface area contributed by atoms with Crippen molar-refractivity contribution in [1.82, 2.24) is 10.6 Å². The molecule has 2 N–H and O–H groups in total. The summed E-state index contributed by atoms with van der Waals surface area (Å²) in [6.45, 7) is 0.125. The number of alkyl halides is 3. The van der Waals surface area contributed by atoms with Crippen molar-refractivity contribution in [2.75, 3.05) is 21.3 Å². The second-order valence-corrected chi connectivity index (χ2v) is 5.73. The molecule has 0 spiro atoms. The molecule has 29 heavy (non-hydrogen) atoms. The monoisotopic (exact) mass is 527 g/mol. The highest BCUT2D eigenvalue weighted by atomic mass is 127. The van der Waals surface area contributed by atoms with Gasteiger partial charge in [0.2, 0.25) is 0 Å². The molecule has 2 rings (SSSR count). The number of rotatable bonds is 6. The van der Waals surface area contributed by atoms with E-state index in [1.54, 1.807) is 12.1 Å². The standard InChI is InChI=1S/C19H21F4N3O2.HI/c1-24-18(26-11-13-5-4-6-16(27-2)17(13)28-3)25-10-12-7-8-14(20)9-15(12)19(21,22)23;/h4-9H,10-11H2,1-3H3,(H2,24,25,26);1H. The highest BCUT2D eigenvalue weighted by molar-refractivity contribution is 14.0. The van der Waals surface area contributed by atoms with Crippen molar-refractivity contribution in [3.63, 3.8) is 0 Å². The van der Waals surface area contributed by atoms with E-state index < -0.39 is 17.6 Å². The van der Waals surface area contributed by atoms with E-state index >= 15 is 0 Å². The van der Waals surface area contributed by atoms with Gasteiger partial charge in [-0.2, -0.15) is 13.2 Å². The molecule has 5 nitrogen and oxygen atoms in total. The first-order chi connectivity index (χ1) is 13.3. The number of hydrogen-bond donors (Lipinski definition) is 2. The van der Waals surface area contributed by atoms with Crippen LogP contribution in [0, 0.1) is 5.82 Å². The van der Waals surface area contributed by atoms with Crippen LogP contribution in [0.1, 0.15) is 16.7 Å². The molecule has 0 heterocycles. The lowest BCUT2D eigenvalue weighted by atomic mass is 10.1. The molecule has 0 bridgehead atoms. The van der Waals surface area contributed by atoms with E-state index in [-0.39, 0.29) is 42.0 Å². The number of nitrogens with one attached hydrogen (secondary N) is 2. The lowest BCUT2D eigenvalue weighted by Crippen LogP contribution is -2.36. The third-order valence-electron chi connectivity index (χ3n) is 3.98. The summed E-state index contributed by atoms with van der Waals surface area (Å²) in [5.41, 5.74) is -0.330. The van der Waals surface area contributed by atoms with Gasteiger partial charge in [-0.3, -0.25) is 4.99 Å². The number of benzene rings is 2. The smallest absolute Gasteiger partial charge is 0.416 e. The Balaban J connectivity index is 0.00000420. The number of ether oxygens (including phenoxy) is 2. The zero-order valence-electron chi connectivity index (χ0n) is 16.1. The van der Waals surface area contributed by atoms with E-state index in [0.717, 1.165) is 17.7 Å². The first-order valence-corrected chi connectivity index (χ1v) is 8.30. The van der Waals surface area contributed by atoms with Crippen LogP contribution in [-0.2, 0) is 19.3 Å². The fourth-order valence-corrected chi connectivity index (χ4v) is 2.64. The molecule has 2 aromatic carbocycles. The van der Waals surface area contributed by atoms with Crippen molar-refractivity contribution < 1.29 is 27.0 Å². The van der Waals surface area contributed by atoms with Gasteiger partial charge in [0.05, 0.1) is 19.8 Å². The quantitative estimate of drug-likeness (QED) is 0.254. The highest BCUT2D eigenvalue weighted by Crippen LogP contribution is 2.32. The van der Waals surface area contributed by atoms with Crippen LogP contribution in [0.15, 0.2) is 41.4 Å². The average Bonchev–Trinajstić information content (AvgIpc) is 2.67. The fraction of sp³-hybridized carbons (Fsp3) is 0.316. The Hall–Kier alpha value is -2.24. The van der Waals surface area contributed by atoms with Gasteiger partial charge in [-0.05, 0) is 23.8 Å². The molecule has 0 unspecified atom stereocenters. The summed E-state index contributed by atoms with van der Waals surface area (Å²) in [7, 11) is 4.53. The summed E-state index contributed by atoms with van der Waals surface area (Å²) in [5.74, 6) is 0.447. The minimum atomic E-state index is -4.65. The topological polar surface area (TPSA) is 54.9 Å². The lowest BCUT2D eigenvalue weighted by molar-refractivity contribution is -0.138. The number of para-hydroxylation sites is 1. The molecule has 160 valence electrons. The molecule has 0 saturated heterocycles. The largest absolute Gasteiger partial charge is 0.493 e. The average molecular weight is 527 g/mol. The Labute approximate surface area is 183 Å². The maximum absolute atomic E-state index is 13.2. The first kappa shape index (κ1) is 24.8. The number of hydrogen-bond acceptors (Lipinski definition) is 3. The number of guanidine groups is 1. The molecule has 0 fully saturated rings. The zero-order chi connectivity index (χ0) is 20.7. The van der Waals surface area contributed by atoms with Gasteiger partial charge in [-0.15, -0.1) is 24.0 Å². The normalized spacial score (nSPS) is 11.5. The van der Waals surface area contributed by atoms with E-state index in [0.29, 0.717) is 24.1 Å². The number of nitrogens with zero attached hydrogens (tertiary/aromatic N) is 1. The lowest BCUT2D eigenvalue weighted by Gasteiger charge is -2.17. The van der Waals surface area contributed by atoms with Crippen LogP contribution in [0.3, 0.4) is 0 Å². The molecule has 10 heteroatoms. The van der Waals surface area contributed by atoms with Crippen LogP contribution >= 0.6 is 24.0 Å². The molecular weight excluding hydrogens is 505 g/mol. The van der Waals surface area contributed by atoms with Gasteiger partial charge >= 0.3 is 6.18 Å². The SMILES string of the molecule is CN=C(NCc1ccc(F)cc1C(F)(F)F)NCc1cccc(OC)c1OC.I. The zero-order valence-corrected chi connectivity index (χ0v) is 18.4. The number of aliphatic imine (C=N–C) groups is 1. The molecule has 0 aliphatic heterocycles. The van der Waals surface area contributed by atoms with Crippen molar-refractivity contribution in [2.24, 2.45) is 4.99 Å². The van der Waals surface area contributed by atoms with Gasteiger partial charge in [0.1, 0.15) is 5.82 Å². The minimum absolute atomic E-state index is 0. The molecular formula is C19H22F4IN3O2. The van der Waals surface area contributed by atoms with Crippen LogP contribution < -0.4 is 20.1 Å². The van der Waals surface area contributed by atoms with E-state index in [2.05, 4.69) is 15.6 Å². The Morgan fingerprint density at radius 2 is 1.66 bits per heavy atom. The number of methoxy groups -OCH3 is 2. The van der Waals surface area contributed by atoms with Crippen LogP contribution in [-0.4, -0.2) is 27.2 Å². The summed E-state index contributed by atoms with van der Waals surface area (Å²) in [5, 5.41) is 5.80. The van der Waals surface area contributed by atoms with Crippen LogP contribution in [0.4, 0.5) is 17.6 Å². The van der Waals surface area contributed by atoms with Crippen molar-refractivity contribution in [1.29, 1.82) is 0 Å². The van der Waals surface area contributed by atoms with Crippen LogP contribution in [0.25, 0.3) is 0 Å². The Morgan fingerprint density at radius 1 is 1.00 bits per heavy atom. The van der Waals surface area contributed by atoms with E-state index in [1.807, 2.05) is 6.07 Å². The Morgan fingerprint density at radius 3 is 2.21 bits per heavy atom. The summed E-state index contributed by atoms with van der Waals surface area (Å²) < 4.78 is 63.1. The third kappa shape index (κ3) is 6.65. The molecule has 0 atom stereocenters. The van der Waals surface area contributed by atoms with Gasteiger partial charge in [0.25, 0.3) is 0 Å². The fourth-order valence-electron chi connectivity index (χ4n) is 2.64. The molecule has 0 radical (unpaired) electrons. The predicted octanol–water partition coefficient (Wildman–Crippen LogP) is 4.34. The summed E-state index contributed by atoms with van der Waals surface area (Å²) in [6, 6.07) is 7.94. The second-order valence-electron chi connectivity index (χ2n) is 5.73.